The summed E-state index contributed by atoms with van der Waals surface area (Å²) in [6, 6.07) is 12.3. The number of nitriles is 1. The molecule has 110 valence electrons. The Kier molecular flexibility index (Phi) is 5.35. The molecule has 1 aliphatic heterocycles. The molecule has 1 aromatic rings. The van der Waals surface area contributed by atoms with E-state index < -0.39 is 0 Å². The van der Waals surface area contributed by atoms with Crippen molar-refractivity contribution in [1.82, 2.24) is 15.1 Å². The third-order valence-corrected chi connectivity index (χ3v) is 3.55. The molecular formula is C16H20N4O. The second kappa shape index (κ2) is 7.46. The number of hydrogen-bond acceptors (Lipinski definition) is 4. The molecule has 0 aromatic heterocycles. The third kappa shape index (κ3) is 4.07. The van der Waals surface area contributed by atoms with Crippen molar-refractivity contribution in [2.45, 2.75) is 6.54 Å². The lowest BCUT2D eigenvalue weighted by molar-refractivity contribution is -0.128. The van der Waals surface area contributed by atoms with Gasteiger partial charge in [0.15, 0.2) is 0 Å². The van der Waals surface area contributed by atoms with Crippen molar-refractivity contribution in [3.8, 4) is 6.07 Å². The topological polar surface area (TPSA) is 59.4 Å². The van der Waals surface area contributed by atoms with Crippen LogP contribution in [-0.4, -0.2) is 48.9 Å². The Morgan fingerprint density at radius 3 is 2.52 bits per heavy atom. The molecule has 0 radical (unpaired) electrons. The van der Waals surface area contributed by atoms with Crippen LogP contribution in [0.5, 0.6) is 0 Å². The van der Waals surface area contributed by atoms with Crippen molar-refractivity contribution < 1.29 is 4.79 Å². The van der Waals surface area contributed by atoms with E-state index in [1.807, 2.05) is 24.3 Å². The molecule has 5 nitrogen and oxygen atoms in total. The Morgan fingerprint density at radius 2 is 1.95 bits per heavy atom. The van der Waals surface area contributed by atoms with Crippen LogP contribution in [0.15, 0.2) is 42.1 Å². The first-order valence-corrected chi connectivity index (χ1v) is 7.07. The molecule has 0 spiro atoms. The first-order chi connectivity index (χ1) is 10.2. The molecule has 1 aliphatic rings. The molecule has 1 fully saturated rings. The Bertz CT molecular complexity index is 539. The minimum atomic E-state index is -0.189. The molecule has 1 heterocycles. The number of nitrogens with zero attached hydrogens (tertiary/aromatic N) is 3. The van der Waals surface area contributed by atoms with Gasteiger partial charge in [0.1, 0.15) is 11.6 Å². The summed E-state index contributed by atoms with van der Waals surface area (Å²) in [5, 5.41) is 11.7. The molecule has 1 amide bonds. The quantitative estimate of drug-likeness (QED) is 0.661. The minimum Gasteiger partial charge on any atom is -0.393 e. The third-order valence-electron chi connectivity index (χ3n) is 3.55. The van der Waals surface area contributed by atoms with Gasteiger partial charge in [-0.3, -0.25) is 9.69 Å². The zero-order valence-electron chi connectivity index (χ0n) is 12.2. The standard InChI is InChI=1S/C16H20N4O/c1-18-12-15(11-17)16(21)20-9-7-19(8-10-20)13-14-5-3-2-4-6-14/h2-6,12,18H,7-10,13H2,1H3/b15-12-. The zero-order valence-corrected chi connectivity index (χ0v) is 12.2. The van der Waals surface area contributed by atoms with E-state index in [9.17, 15) is 4.79 Å². The predicted octanol–water partition coefficient (Wildman–Crippen LogP) is 0.958. The molecule has 0 unspecified atom stereocenters. The highest BCUT2D eigenvalue weighted by Gasteiger charge is 2.23. The zero-order chi connectivity index (χ0) is 15.1. The summed E-state index contributed by atoms with van der Waals surface area (Å²) >= 11 is 0. The van der Waals surface area contributed by atoms with E-state index in [-0.39, 0.29) is 11.5 Å². The molecular weight excluding hydrogens is 264 g/mol. The lowest BCUT2D eigenvalue weighted by Crippen LogP contribution is -2.48. The first-order valence-electron chi connectivity index (χ1n) is 7.07. The van der Waals surface area contributed by atoms with E-state index in [0.29, 0.717) is 13.1 Å². The van der Waals surface area contributed by atoms with E-state index in [1.165, 1.54) is 11.8 Å². The molecule has 5 heteroatoms. The summed E-state index contributed by atoms with van der Waals surface area (Å²) in [6.45, 7) is 3.89. The molecule has 2 rings (SSSR count). The van der Waals surface area contributed by atoms with Crippen LogP contribution in [0.25, 0.3) is 0 Å². The van der Waals surface area contributed by atoms with E-state index in [1.54, 1.807) is 11.9 Å². The van der Waals surface area contributed by atoms with E-state index in [2.05, 4.69) is 22.3 Å². The van der Waals surface area contributed by atoms with Gasteiger partial charge in [0.05, 0.1) is 0 Å². The number of hydrogen-bond donors (Lipinski definition) is 1. The van der Waals surface area contributed by atoms with Gasteiger partial charge in [-0.1, -0.05) is 30.3 Å². The number of nitrogens with one attached hydrogen (secondary N) is 1. The summed E-state index contributed by atoms with van der Waals surface area (Å²) in [5.74, 6) is -0.189. The average Bonchev–Trinajstić information content (AvgIpc) is 2.54. The van der Waals surface area contributed by atoms with Gasteiger partial charge in [-0.05, 0) is 5.56 Å². The van der Waals surface area contributed by atoms with Crippen molar-refractivity contribution in [1.29, 1.82) is 5.26 Å². The molecule has 0 bridgehead atoms. The number of amides is 1. The average molecular weight is 284 g/mol. The van der Waals surface area contributed by atoms with Crippen molar-refractivity contribution in [3.05, 3.63) is 47.7 Å². The predicted molar refractivity (Wildman–Crippen MR) is 81.1 cm³/mol. The fourth-order valence-electron chi connectivity index (χ4n) is 2.41. The highest BCUT2D eigenvalue weighted by Crippen LogP contribution is 2.10. The maximum Gasteiger partial charge on any atom is 0.266 e. The summed E-state index contributed by atoms with van der Waals surface area (Å²) < 4.78 is 0. The largest absolute Gasteiger partial charge is 0.393 e. The first kappa shape index (κ1) is 15.1. The molecule has 0 atom stereocenters. The fraction of sp³-hybridized carbons (Fsp3) is 0.375. The maximum atomic E-state index is 12.2. The van der Waals surface area contributed by atoms with Crippen LogP contribution in [0, 0.1) is 11.3 Å². The van der Waals surface area contributed by atoms with Crippen LogP contribution in [0.2, 0.25) is 0 Å². The van der Waals surface area contributed by atoms with E-state index >= 15 is 0 Å². The molecule has 21 heavy (non-hydrogen) atoms. The smallest absolute Gasteiger partial charge is 0.266 e. The lowest BCUT2D eigenvalue weighted by Gasteiger charge is -2.34. The Labute approximate surface area is 125 Å². The Balaban J connectivity index is 1.87. The van der Waals surface area contributed by atoms with Crippen LogP contribution >= 0.6 is 0 Å². The van der Waals surface area contributed by atoms with Gasteiger partial charge in [-0.15, -0.1) is 0 Å². The van der Waals surface area contributed by atoms with Crippen molar-refractivity contribution in [3.63, 3.8) is 0 Å². The highest BCUT2D eigenvalue weighted by molar-refractivity contribution is 5.97. The molecule has 0 aliphatic carbocycles. The maximum absolute atomic E-state index is 12.2. The SMILES string of the molecule is CN/C=C(/C#N)C(=O)N1CCN(Cc2ccccc2)CC1. The second-order valence-corrected chi connectivity index (χ2v) is 5.01. The van der Waals surface area contributed by atoms with Gasteiger partial charge in [-0.25, -0.2) is 0 Å². The van der Waals surface area contributed by atoms with Crippen LogP contribution < -0.4 is 5.32 Å². The van der Waals surface area contributed by atoms with Gasteiger partial charge in [0.25, 0.3) is 5.91 Å². The minimum absolute atomic E-state index is 0.161. The van der Waals surface area contributed by atoms with Gasteiger partial charge in [-0.2, -0.15) is 5.26 Å². The van der Waals surface area contributed by atoms with E-state index in [0.717, 1.165) is 19.6 Å². The van der Waals surface area contributed by atoms with Crippen LogP contribution in [0.4, 0.5) is 0 Å². The monoisotopic (exact) mass is 284 g/mol. The number of benzene rings is 1. The van der Waals surface area contributed by atoms with E-state index in [4.69, 9.17) is 5.26 Å². The van der Waals surface area contributed by atoms with Gasteiger partial charge in [0, 0.05) is 46.0 Å². The molecule has 1 saturated heterocycles. The van der Waals surface area contributed by atoms with Crippen molar-refractivity contribution in [2.24, 2.45) is 0 Å². The van der Waals surface area contributed by atoms with Crippen LogP contribution in [-0.2, 0) is 11.3 Å². The summed E-state index contributed by atoms with van der Waals surface area (Å²) in [6.07, 6.45) is 1.46. The van der Waals surface area contributed by atoms with Crippen LogP contribution in [0.1, 0.15) is 5.56 Å². The summed E-state index contributed by atoms with van der Waals surface area (Å²) in [5.41, 5.74) is 1.44. The highest BCUT2D eigenvalue weighted by atomic mass is 16.2. The molecule has 1 aromatic carbocycles. The number of carbonyl (C=O) groups is 1. The number of carbonyl (C=O) groups excluding carboxylic acids is 1. The Hall–Kier alpha value is -2.32. The fourth-order valence-corrected chi connectivity index (χ4v) is 2.41. The lowest BCUT2D eigenvalue weighted by atomic mass is 10.2. The van der Waals surface area contributed by atoms with Crippen LogP contribution in [0.3, 0.4) is 0 Å². The normalized spacial score (nSPS) is 16.4. The van der Waals surface area contributed by atoms with Crippen molar-refractivity contribution in [2.75, 3.05) is 33.2 Å². The summed E-state index contributed by atoms with van der Waals surface area (Å²) in [7, 11) is 1.68. The number of piperazine rings is 1. The van der Waals surface area contributed by atoms with Gasteiger partial charge in [0.2, 0.25) is 0 Å². The van der Waals surface area contributed by atoms with Gasteiger partial charge >= 0.3 is 0 Å². The molecule has 1 N–H and O–H groups in total. The Morgan fingerprint density at radius 1 is 1.29 bits per heavy atom. The molecule has 0 saturated carbocycles. The van der Waals surface area contributed by atoms with Crippen molar-refractivity contribution >= 4 is 5.91 Å². The summed E-state index contributed by atoms with van der Waals surface area (Å²) in [4.78, 5) is 16.2. The van der Waals surface area contributed by atoms with Gasteiger partial charge < -0.3 is 10.2 Å². The second-order valence-electron chi connectivity index (χ2n) is 5.01. The number of rotatable bonds is 4.